The summed E-state index contributed by atoms with van der Waals surface area (Å²) in [5.74, 6) is 0.651. The molecule has 96 valence electrons. The number of oxazole rings is 1. The summed E-state index contributed by atoms with van der Waals surface area (Å²) < 4.78 is 5.88. The normalized spacial score (nSPS) is 11.2. The van der Waals surface area contributed by atoms with E-state index in [0.29, 0.717) is 5.89 Å². The topological polar surface area (TPSA) is 26.0 Å². The van der Waals surface area contributed by atoms with E-state index in [-0.39, 0.29) is 0 Å². The molecule has 0 aliphatic carbocycles. The van der Waals surface area contributed by atoms with E-state index in [0.717, 1.165) is 38.4 Å². The quantitative estimate of drug-likeness (QED) is 0.617. The zero-order chi connectivity index (χ0) is 13.6. The van der Waals surface area contributed by atoms with Crippen molar-refractivity contribution in [1.82, 2.24) is 4.98 Å². The summed E-state index contributed by atoms with van der Waals surface area (Å²) in [6, 6.07) is 10.0. The maximum absolute atomic E-state index is 6.26. The zero-order valence-corrected chi connectivity index (χ0v) is 11.9. The van der Waals surface area contributed by atoms with Gasteiger partial charge in [0.15, 0.2) is 5.58 Å². The van der Waals surface area contributed by atoms with Crippen LogP contribution in [-0.2, 0) is 0 Å². The molecule has 0 saturated carbocycles. The van der Waals surface area contributed by atoms with E-state index >= 15 is 0 Å². The molecule has 0 saturated heterocycles. The summed E-state index contributed by atoms with van der Waals surface area (Å²) in [6.45, 7) is 6.00. The molecule has 0 unspecified atom stereocenters. The second-order valence-electron chi connectivity index (χ2n) is 4.81. The van der Waals surface area contributed by atoms with E-state index in [9.17, 15) is 0 Å². The highest BCUT2D eigenvalue weighted by Gasteiger charge is 2.14. The first kappa shape index (κ1) is 12.2. The Hall–Kier alpha value is -1.80. The van der Waals surface area contributed by atoms with Gasteiger partial charge in [0.25, 0.3) is 0 Å². The van der Waals surface area contributed by atoms with Crippen LogP contribution in [0.5, 0.6) is 0 Å². The third kappa shape index (κ3) is 1.92. The number of aryl methyl sites for hydroxylation is 3. The molecule has 0 bridgehead atoms. The molecule has 0 radical (unpaired) electrons. The van der Waals surface area contributed by atoms with Gasteiger partial charge in [-0.3, -0.25) is 0 Å². The Morgan fingerprint density at radius 3 is 2.53 bits per heavy atom. The van der Waals surface area contributed by atoms with Crippen LogP contribution in [0.15, 0.2) is 34.7 Å². The standard InChI is InChI=1S/C16H14ClNO/c1-9-6-4-5-7-12(9)16-18-15-11(3)14(17)10(2)8-13(15)19-16/h4-8H,1-3H3. The van der Waals surface area contributed by atoms with Crippen molar-refractivity contribution < 1.29 is 4.42 Å². The van der Waals surface area contributed by atoms with Gasteiger partial charge in [0.1, 0.15) is 5.52 Å². The van der Waals surface area contributed by atoms with Gasteiger partial charge in [-0.2, -0.15) is 0 Å². The molecular formula is C16H14ClNO. The predicted molar refractivity (Wildman–Crippen MR) is 78.7 cm³/mol. The number of hydrogen-bond acceptors (Lipinski definition) is 2. The van der Waals surface area contributed by atoms with Gasteiger partial charge in [-0.05, 0) is 49.6 Å². The van der Waals surface area contributed by atoms with Crippen LogP contribution in [0.4, 0.5) is 0 Å². The highest BCUT2D eigenvalue weighted by molar-refractivity contribution is 6.33. The first-order valence-corrected chi connectivity index (χ1v) is 6.58. The highest BCUT2D eigenvalue weighted by Crippen LogP contribution is 2.32. The SMILES string of the molecule is Cc1ccccc1-c1nc2c(C)c(Cl)c(C)cc2o1. The Morgan fingerprint density at radius 2 is 1.79 bits per heavy atom. The summed E-state index contributed by atoms with van der Waals surface area (Å²) in [5, 5.41) is 0.761. The summed E-state index contributed by atoms with van der Waals surface area (Å²) >= 11 is 6.26. The lowest BCUT2D eigenvalue weighted by atomic mass is 10.1. The van der Waals surface area contributed by atoms with Crippen molar-refractivity contribution in [3.63, 3.8) is 0 Å². The number of fused-ring (bicyclic) bond motifs is 1. The lowest BCUT2D eigenvalue weighted by Gasteiger charge is -2.00. The molecule has 0 fully saturated rings. The van der Waals surface area contributed by atoms with E-state index in [2.05, 4.69) is 18.0 Å². The summed E-state index contributed by atoms with van der Waals surface area (Å²) in [5.41, 5.74) is 5.78. The summed E-state index contributed by atoms with van der Waals surface area (Å²) in [6.07, 6.45) is 0. The van der Waals surface area contributed by atoms with Crippen molar-refractivity contribution in [3.05, 3.63) is 52.0 Å². The van der Waals surface area contributed by atoms with E-state index < -0.39 is 0 Å². The number of rotatable bonds is 1. The zero-order valence-electron chi connectivity index (χ0n) is 11.1. The van der Waals surface area contributed by atoms with Crippen LogP contribution in [0.25, 0.3) is 22.6 Å². The molecule has 1 heterocycles. The van der Waals surface area contributed by atoms with Crippen molar-refractivity contribution in [2.75, 3.05) is 0 Å². The third-order valence-electron chi connectivity index (χ3n) is 3.41. The van der Waals surface area contributed by atoms with Crippen molar-refractivity contribution in [2.24, 2.45) is 0 Å². The molecule has 3 aromatic rings. The van der Waals surface area contributed by atoms with Crippen molar-refractivity contribution in [3.8, 4) is 11.5 Å². The minimum Gasteiger partial charge on any atom is -0.436 e. The van der Waals surface area contributed by atoms with Crippen LogP contribution in [0.1, 0.15) is 16.7 Å². The monoisotopic (exact) mass is 271 g/mol. The van der Waals surface area contributed by atoms with Crippen LogP contribution in [0.2, 0.25) is 5.02 Å². The van der Waals surface area contributed by atoms with Gasteiger partial charge in [0.2, 0.25) is 5.89 Å². The van der Waals surface area contributed by atoms with E-state index in [1.165, 1.54) is 0 Å². The molecule has 2 aromatic carbocycles. The number of benzene rings is 2. The molecule has 0 atom stereocenters. The van der Waals surface area contributed by atoms with Crippen LogP contribution in [0.3, 0.4) is 0 Å². The van der Waals surface area contributed by atoms with Crippen LogP contribution >= 0.6 is 11.6 Å². The van der Waals surface area contributed by atoms with Crippen molar-refractivity contribution in [2.45, 2.75) is 20.8 Å². The molecule has 19 heavy (non-hydrogen) atoms. The average Bonchev–Trinajstić information content (AvgIpc) is 2.80. The van der Waals surface area contributed by atoms with Crippen molar-refractivity contribution >= 4 is 22.7 Å². The molecule has 0 amide bonds. The van der Waals surface area contributed by atoms with Crippen LogP contribution in [0, 0.1) is 20.8 Å². The van der Waals surface area contributed by atoms with Gasteiger partial charge in [-0.1, -0.05) is 29.8 Å². The van der Waals surface area contributed by atoms with Crippen LogP contribution in [-0.4, -0.2) is 4.98 Å². The van der Waals surface area contributed by atoms with E-state index in [1.54, 1.807) is 0 Å². The minimum absolute atomic E-state index is 0.651. The number of nitrogens with zero attached hydrogens (tertiary/aromatic N) is 1. The Balaban J connectivity index is 2.29. The molecule has 0 spiro atoms. The maximum atomic E-state index is 6.26. The van der Waals surface area contributed by atoms with Crippen molar-refractivity contribution in [1.29, 1.82) is 0 Å². The lowest BCUT2D eigenvalue weighted by Crippen LogP contribution is -1.84. The fourth-order valence-corrected chi connectivity index (χ4v) is 2.43. The van der Waals surface area contributed by atoms with Gasteiger partial charge in [0.05, 0.1) is 0 Å². The lowest BCUT2D eigenvalue weighted by molar-refractivity contribution is 0.619. The Labute approximate surface area is 117 Å². The highest BCUT2D eigenvalue weighted by atomic mass is 35.5. The smallest absolute Gasteiger partial charge is 0.227 e. The fourth-order valence-electron chi connectivity index (χ4n) is 2.29. The number of hydrogen-bond donors (Lipinski definition) is 0. The van der Waals surface area contributed by atoms with Crippen LogP contribution < -0.4 is 0 Å². The summed E-state index contributed by atoms with van der Waals surface area (Å²) in [7, 11) is 0. The van der Waals surface area contributed by atoms with Gasteiger partial charge in [-0.25, -0.2) is 4.98 Å². The van der Waals surface area contributed by atoms with Gasteiger partial charge in [-0.15, -0.1) is 0 Å². The molecule has 0 N–H and O–H groups in total. The fraction of sp³-hybridized carbons (Fsp3) is 0.188. The van der Waals surface area contributed by atoms with Gasteiger partial charge >= 0.3 is 0 Å². The second kappa shape index (κ2) is 4.39. The largest absolute Gasteiger partial charge is 0.436 e. The Bertz CT molecular complexity index is 774. The molecule has 1 aromatic heterocycles. The average molecular weight is 272 g/mol. The molecule has 3 rings (SSSR count). The first-order valence-electron chi connectivity index (χ1n) is 6.20. The minimum atomic E-state index is 0.651. The molecule has 3 heteroatoms. The molecule has 2 nitrogen and oxygen atoms in total. The summed E-state index contributed by atoms with van der Waals surface area (Å²) in [4.78, 5) is 4.59. The van der Waals surface area contributed by atoms with E-state index in [4.69, 9.17) is 16.0 Å². The molecule has 0 aliphatic rings. The number of halogens is 1. The number of aromatic nitrogens is 1. The first-order chi connectivity index (χ1) is 9.08. The second-order valence-corrected chi connectivity index (χ2v) is 5.19. The van der Waals surface area contributed by atoms with E-state index in [1.807, 2.05) is 38.1 Å². The molecule has 0 aliphatic heterocycles. The Morgan fingerprint density at radius 1 is 1.05 bits per heavy atom. The van der Waals surface area contributed by atoms with Gasteiger partial charge < -0.3 is 4.42 Å². The Kier molecular flexibility index (Phi) is 2.83. The molecular weight excluding hydrogens is 258 g/mol. The van der Waals surface area contributed by atoms with Gasteiger partial charge in [0, 0.05) is 10.6 Å². The maximum Gasteiger partial charge on any atom is 0.227 e. The predicted octanol–water partition coefficient (Wildman–Crippen LogP) is 5.07. The third-order valence-corrected chi connectivity index (χ3v) is 3.99.